The Hall–Kier alpha value is -0.800. The highest BCUT2D eigenvalue weighted by Crippen LogP contribution is 2.21. The van der Waals surface area contributed by atoms with E-state index in [-0.39, 0.29) is 6.29 Å². The van der Waals surface area contributed by atoms with Crippen molar-refractivity contribution in [2.75, 3.05) is 13.2 Å². The van der Waals surface area contributed by atoms with E-state index < -0.39 is 0 Å². The van der Waals surface area contributed by atoms with Crippen LogP contribution in [0.25, 0.3) is 0 Å². The minimum atomic E-state index is -0.352. The van der Waals surface area contributed by atoms with Gasteiger partial charge in [0.1, 0.15) is 0 Å². The summed E-state index contributed by atoms with van der Waals surface area (Å²) in [5.74, 6) is 1.40. The number of hydrogen-bond acceptors (Lipinski definition) is 3. The Balaban J connectivity index is 2.29. The van der Waals surface area contributed by atoms with Gasteiger partial charge >= 0.3 is 0 Å². The Labute approximate surface area is 117 Å². The highest BCUT2D eigenvalue weighted by Gasteiger charge is 2.15. The van der Waals surface area contributed by atoms with Crippen LogP contribution >= 0.6 is 0 Å². The molecule has 1 aromatic rings. The molecule has 19 heavy (non-hydrogen) atoms. The Bertz CT molecular complexity index is 293. The number of unbranched alkanes of at least 4 members (excludes halogenated alkanes) is 3. The summed E-state index contributed by atoms with van der Waals surface area (Å²) in [6, 6.07) is 3.78. The van der Waals surface area contributed by atoms with E-state index in [9.17, 15) is 0 Å². The fourth-order valence-corrected chi connectivity index (χ4v) is 1.77. The molecule has 1 rings (SSSR count). The summed E-state index contributed by atoms with van der Waals surface area (Å²) in [5.41, 5.74) is 0. The molecule has 3 heteroatoms. The first kappa shape index (κ1) is 16.3. The third kappa shape index (κ3) is 7.38. The van der Waals surface area contributed by atoms with Crippen molar-refractivity contribution in [3.63, 3.8) is 0 Å². The number of ether oxygens (including phenoxy) is 2. The molecule has 0 radical (unpaired) electrons. The highest BCUT2D eigenvalue weighted by atomic mass is 16.7. The molecule has 0 aliphatic rings. The summed E-state index contributed by atoms with van der Waals surface area (Å²) in [4.78, 5) is 0. The van der Waals surface area contributed by atoms with Crippen molar-refractivity contribution in [2.24, 2.45) is 5.92 Å². The van der Waals surface area contributed by atoms with Gasteiger partial charge in [-0.25, -0.2) is 0 Å². The molecule has 1 aromatic heterocycles. The van der Waals surface area contributed by atoms with E-state index in [1.807, 2.05) is 12.1 Å². The molecular formula is C16H28O3. The molecular weight excluding hydrogens is 240 g/mol. The minimum absolute atomic E-state index is 0.352. The fourth-order valence-electron chi connectivity index (χ4n) is 1.77. The van der Waals surface area contributed by atoms with Gasteiger partial charge in [0.15, 0.2) is 5.76 Å². The third-order valence-corrected chi connectivity index (χ3v) is 3.01. The van der Waals surface area contributed by atoms with Gasteiger partial charge in [0.05, 0.1) is 19.5 Å². The van der Waals surface area contributed by atoms with Crippen LogP contribution in [0, 0.1) is 5.92 Å². The smallest absolute Gasteiger partial charge is 0.217 e. The van der Waals surface area contributed by atoms with Gasteiger partial charge in [-0.2, -0.15) is 0 Å². The zero-order valence-corrected chi connectivity index (χ0v) is 12.6. The van der Waals surface area contributed by atoms with Crippen molar-refractivity contribution < 1.29 is 13.9 Å². The van der Waals surface area contributed by atoms with Crippen LogP contribution < -0.4 is 0 Å². The first-order valence-electron chi connectivity index (χ1n) is 7.50. The predicted molar refractivity (Wildman–Crippen MR) is 77.0 cm³/mol. The van der Waals surface area contributed by atoms with Gasteiger partial charge < -0.3 is 13.9 Å². The van der Waals surface area contributed by atoms with Crippen LogP contribution in [0.5, 0.6) is 0 Å². The van der Waals surface area contributed by atoms with Gasteiger partial charge in [0.25, 0.3) is 0 Å². The first-order chi connectivity index (χ1) is 9.24. The lowest BCUT2D eigenvalue weighted by Crippen LogP contribution is -2.11. The van der Waals surface area contributed by atoms with Crippen molar-refractivity contribution >= 4 is 0 Å². The lowest BCUT2D eigenvalue weighted by atomic mass is 10.1. The van der Waals surface area contributed by atoms with Crippen LogP contribution in [-0.4, -0.2) is 13.2 Å². The van der Waals surface area contributed by atoms with Gasteiger partial charge in [-0.15, -0.1) is 0 Å². The summed E-state index contributed by atoms with van der Waals surface area (Å²) in [5, 5.41) is 0. The van der Waals surface area contributed by atoms with E-state index >= 15 is 0 Å². The standard InChI is InChI=1S/C16H28O3/c1-4-5-6-7-11-18-16(15-9-8-12-17-15)19-13-10-14(2)3/h8-9,12,14,16H,4-7,10-11,13H2,1-3H3. The first-order valence-corrected chi connectivity index (χ1v) is 7.50. The van der Waals surface area contributed by atoms with E-state index in [4.69, 9.17) is 13.9 Å². The highest BCUT2D eigenvalue weighted by molar-refractivity contribution is 4.99. The molecule has 0 saturated heterocycles. The maximum Gasteiger partial charge on any atom is 0.217 e. The summed E-state index contributed by atoms with van der Waals surface area (Å²) in [6.07, 6.45) is 7.15. The van der Waals surface area contributed by atoms with Crippen LogP contribution in [0.2, 0.25) is 0 Å². The van der Waals surface area contributed by atoms with Crippen LogP contribution in [0.3, 0.4) is 0 Å². The predicted octanol–water partition coefficient (Wildman–Crippen LogP) is 4.94. The number of rotatable bonds is 11. The van der Waals surface area contributed by atoms with Gasteiger partial charge in [-0.3, -0.25) is 0 Å². The quantitative estimate of drug-likeness (QED) is 0.421. The Morgan fingerprint density at radius 3 is 2.53 bits per heavy atom. The second-order valence-corrected chi connectivity index (χ2v) is 5.33. The largest absolute Gasteiger partial charge is 0.464 e. The Morgan fingerprint density at radius 1 is 1.11 bits per heavy atom. The third-order valence-electron chi connectivity index (χ3n) is 3.01. The Morgan fingerprint density at radius 2 is 1.89 bits per heavy atom. The minimum Gasteiger partial charge on any atom is -0.464 e. The van der Waals surface area contributed by atoms with Crippen LogP contribution in [0.4, 0.5) is 0 Å². The fraction of sp³-hybridized carbons (Fsp3) is 0.750. The van der Waals surface area contributed by atoms with Crippen molar-refractivity contribution in [3.8, 4) is 0 Å². The molecule has 0 fully saturated rings. The second-order valence-electron chi connectivity index (χ2n) is 5.33. The van der Waals surface area contributed by atoms with Gasteiger partial charge in [0.2, 0.25) is 6.29 Å². The molecule has 0 amide bonds. The Kier molecular flexibility index (Phi) is 8.59. The molecule has 110 valence electrons. The lowest BCUT2D eigenvalue weighted by Gasteiger charge is -2.17. The molecule has 3 nitrogen and oxygen atoms in total. The molecule has 0 aromatic carbocycles. The van der Waals surface area contributed by atoms with E-state index in [1.165, 1.54) is 19.3 Å². The average Bonchev–Trinajstić information content (AvgIpc) is 2.89. The average molecular weight is 268 g/mol. The van der Waals surface area contributed by atoms with Gasteiger partial charge in [0, 0.05) is 0 Å². The van der Waals surface area contributed by atoms with E-state index in [0.717, 1.165) is 25.2 Å². The second kappa shape index (κ2) is 10.0. The normalized spacial score (nSPS) is 13.1. The van der Waals surface area contributed by atoms with Crippen molar-refractivity contribution in [3.05, 3.63) is 24.2 Å². The maximum absolute atomic E-state index is 5.80. The van der Waals surface area contributed by atoms with Gasteiger partial charge in [-0.1, -0.05) is 40.0 Å². The molecule has 0 N–H and O–H groups in total. The summed E-state index contributed by atoms with van der Waals surface area (Å²) >= 11 is 0. The van der Waals surface area contributed by atoms with E-state index in [2.05, 4.69) is 20.8 Å². The lowest BCUT2D eigenvalue weighted by molar-refractivity contribution is -0.159. The molecule has 1 unspecified atom stereocenters. The molecule has 0 aliphatic carbocycles. The molecule has 0 aliphatic heterocycles. The van der Waals surface area contributed by atoms with Crippen molar-refractivity contribution in [1.82, 2.24) is 0 Å². The van der Waals surface area contributed by atoms with Crippen LogP contribution in [-0.2, 0) is 9.47 Å². The summed E-state index contributed by atoms with van der Waals surface area (Å²) in [6.45, 7) is 8.03. The topological polar surface area (TPSA) is 31.6 Å². The van der Waals surface area contributed by atoms with Crippen LogP contribution in [0.15, 0.2) is 22.8 Å². The number of hydrogen-bond donors (Lipinski definition) is 0. The summed E-state index contributed by atoms with van der Waals surface area (Å²) < 4.78 is 17.0. The monoisotopic (exact) mass is 268 g/mol. The van der Waals surface area contributed by atoms with E-state index in [0.29, 0.717) is 12.5 Å². The molecule has 0 bridgehead atoms. The molecule has 0 saturated carbocycles. The zero-order valence-electron chi connectivity index (χ0n) is 12.6. The van der Waals surface area contributed by atoms with Crippen molar-refractivity contribution in [1.29, 1.82) is 0 Å². The van der Waals surface area contributed by atoms with Gasteiger partial charge in [-0.05, 0) is 30.9 Å². The molecule has 1 atom stereocenters. The van der Waals surface area contributed by atoms with E-state index in [1.54, 1.807) is 6.26 Å². The SMILES string of the molecule is CCCCCCOC(OCCC(C)C)c1ccco1. The molecule has 0 spiro atoms. The van der Waals surface area contributed by atoms with Crippen molar-refractivity contribution in [2.45, 2.75) is 59.2 Å². The summed E-state index contributed by atoms with van der Waals surface area (Å²) in [7, 11) is 0. The zero-order chi connectivity index (χ0) is 13.9. The maximum atomic E-state index is 5.80. The number of furan rings is 1. The molecule has 1 heterocycles. The van der Waals surface area contributed by atoms with Crippen LogP contribution in [0.1, 0.15) is 64.9 Å².